The van der Waals surface area contributed by atoms with E-state index in [1.807, 2.05) is 6.08 Å². The fourth-order valence-corrected chi connectivity index (χ4v) is 5.96. The first kappa shape index (κ1) is 48.3. The van der Waals surface area contributed by atoms with Gasteiger partial charge in [-0.1, -0.05) is 159 Å². The summed E-state index contributed by atoms with van der Waals surface area (Å²) in [4.78, 5) is 42.7. The van der Waals surface area contributed by atoms with Crippen LogP contribution in [0.2, 0.25) is 0 Å². The summed E-state index contributed by atoms with van der Waals surface area (Å²) in [5.41, 5.74) is 0. The zero-order valence-electron chi connectivity index (χ0n) is 32.0. The van der Waals surface area contributed by atoms with Gasteiger partial charge >= 0.3 is 19.8 Å². The molecule has 0 rings (SSSR count). The smallest absolute Gasteiger partial charge is 0.462 e. The Bertz CT molecular complexity index is 910. The Morgan fingerprint density at radius 2 is 0.940 bits per heavy atom. The van der Waals surface area contributed by atoms with Crippen molar-refractivity contribution in [3.8, 4) is 0 Å². The lowest BCUT2D eigenvalue weighted by Gasteiger charge is -2.18. The van der Waals surface area contributed by atoms with Gasteiger partial charge in [-0.2, -0.15) is 0 Å². The molecule has 292 valence electrons. The maximum atomic E-state index is 12.4. The molecule has 0 fully saturated rings. The number of phosphoric acid groups is 1. The van der Waals surface area contributed by atoms with Gasteiger partial charge in [0.05, 0.1) is 6.61 Å². The van der Waals surface area contributed by atoms with Gasteiger partial charge in [-0.25, -0.2) is 4.57 Å². The van der Waals surface area contributed by atoms with E-state index in [1.54, 1.807) is 0 Å². The molecule has 0 aliphatic rings. The highest BCUT2D eigenvalue weighted by molar-refractivity contribution is 7.46. The van der Waals surface area contributed by atoms with Crippen LogP contribution in [0.5, 0.6) is 0 Å². The third kappa shape index (κ3) is 39.1. The maximum Gasteiger partial charge on any atom is 0.469 e. The quantitative estimate of drug-likeness (QED) is 0.0281. The highest BCUT2D eigenvalue weighted by Gasteiger charge is 2.22. The van der Waals surface area contributed by atoms with Gasteiger partial charge in [0.1, 0.15) is 6.61 Å². The molecule has 0 radical (unpaired) electrons. The molecule has 0 unspecified atom stereocenters. The van der Waals surface area contributed by atoms with Crippen molar-refractivity contribution in [2.75, 3.05) is 13.2 Å². The monoisotopic (exact) mass is 727 g/mol. The summed E-state index contributed by atoms with van der Waals surface area (Å²) in [5, 5.41) is 0. The van der Waals surface area contributed by atoms with Crippen molar-refractivity contribution < 1.29 is 37.9 Å². The Morgan fingerprint density at radius 1 is 0.520 bits per heavy atom. The SMILES string of the molecule is CCCCC/C=C/C/C=C/CCCCCCCCCC(=O)OC[C@H](COP(=O)(O)O)OC(=O)CC/C=C/CCCCCCCCCCCCC. The third-order valence-electron chi connectivity index (χ3n) is 8.64. The Hall–Kier alpha value is -1.73. The van der Waals surface area contributed by atoms with E-state index in [4.69, 9.17) is 19.3 Å². The largest absolute Gasteiger partial charge is 0.469 e. The van der Waals surface area contributed by atoms with Crippen LogP contribution in [0.25, 0.3) is 0 Å². The molecular formula is C41H75O8P. The minimum absolute atomic E-state index is 0.128. The highest BCUT2D eigenvalue weighted by atomic mass is 31.2. The van der Waals surface area contributed by atoms with Crippen molar-refractivity contribution in [1.82, 2.24) is 0 Å². The molecule has 8 nitrogen and oxygen atoms in total. The molecule has 0 amide bonds. The number of carbonyl (C=O) groups is 2. The number of unbranched alkanes of at least 4 members (excludes halogenated alkanes) is 21. The van der Waals surface area contributed by atoms with Crippen LogP contribution in [0, 0.1) is 0 Å². The molecule has 0 aliphatic carbocycles. The summed E-state index contributed by atoms with van der Waals surface area (Å²) in [6.07, 6.45) is 43.0. The molecular weight excluding hydrogens is 651 g/mol. The van der Waals surface area contributed by atoms with Crippen LogP contribution in [0.1, 0.15) is 194 Å². The molecule has 0 aromatic carbocycles. The first-order valence-corrected chi connectivity index (χ1v) is 21.8. The van der Waals surface area contributed by atoms with E-state index in [1.165, 1.54) is 109 Å². The molecule has 9 heteroatoms. The molecule has 2 N–H and O–H groups in total. The van der Waals surface area contributed by atoms with Crippen LogP contribution >= 0.6 is 7.82 Å². The lowest BCUT2D eigenvalue weighted by molar-refractivity contribution is -0.161. The summed E-state index contributed by atoms with van der Waals surface area (Å²) >= 11 is 0. The van der Waals surface area contributed by atoms with Crippen LogP contribution < -0.4 is 0 Å². The minimum atomic E-state index is -4.76. The average Bonchev–Trinajstić information content (AvgIpc) is 3.08. The lowest BCUT2D eigenvalue weighted by atomic mass is 10.1. The van der Waals surface area contributed by atoms with Gasteiger partial charge in [0.15, 0.2) is 6.10 Å². The van der Waals surface area contributed by atoms with E-state index in [9.17, 15) is 14.2 Å². The van der Waals surface area contributed by atoms with Crippen molar-refractivity contribution in [3.63, 3.8) is 0 Å². The van der Waals surface area contributed by atoms with E-state index in [-0.39, 0.29) is 19.4 Å². The number of esters is 2. The minimum Gasteiger partial charge on any atom is -0.462 e. The molecule has 0 saturated heterocycles. The fraction of sp³-hybridized carbons (Fsp3) is 0.805. The van der Waals surface area contributed by atoms with Crippen molar-refractivity contribution in [2.45, 2.75) is 200 Å². The molecule has 0 aromatic heterocycles. The Balaban J connectivity index is 3.98. The van der Waals surface area contributed by atoms with Gasteiger partial charge in [-0.15, -0.1) is 0 Å². The first-order valence-electron chi connectivity index (χ1n) is 20.3. The summed E-state index contributed by atoms with van der Waals surface area (Å²) in [7, 11) is -4.76. The van der Waals surface area contributed by atoms with Crippen molar-refractivity contribution in [1.29, 1.82) is 0 Å². The van der Waals surface area contributed by atoms with E-state index >= 15 is 0 Å². The van der Waals surface area contributed by atoms with Gasteiger partial charge in [0, 0.05) is 12.8 Å². The highest BCUT2D eigenvalue weighted by Crippen LogP contribution is 2.36. The predicted molar refractivity (Wildman–Crippen MR) is 207 cm³/mol. The summed E-state index contributed by atoms with van der Waals surface area (Å²) in [6, 6.07) is 0. The lowest BCUT2D eigenvalue weighted by Crippen LogP contribution is -2.29. The maximum absolute atomic E-state index is 12.4. The normalized spacial score (nSPS) is 12.8. The van der Waals surface area contributed by atoms with Crippen molar-refractivity contribution >= 4 is 19.8 Å². The van der Waals surface area contributed by atoms with Crippen LogP contribution in [0.4, 0.5) is 0 Å². The number of hydrogen-bond donors (Lipinski definition) is 2. The Morgan fingerprint density at radius 3 is 1.46 bits per heavy atom. The number of phosphoric ester groups is 1. The molecule has 1 atom stereocenters. The topological polar surface area (TPSA) is 119 Å². The van der Waals surface area contributed by atoms with Gasteiger partial charge in [-0.05, 0) is 57.8 Å². The summed E-state index contributed by atoms with van der Waals surface area (Å²) < 4.78 is 26.3. The van der Waals surface area contributed by atoms with Crippen LogP contribution in [0.15, 0.2) is 36.5 Å². The molecule has 0 spiro atoms. The molecule has 0 aromatic rings. The summed E-state index contributed by atoms with van der Waals surface area (Å²) in [6.45, 7) is 3.62. The molecule has 0 heterocycles. The molecule has 50 heavy (non-hydrogen) atoms. The Labute approximate surface area is 306 Å². The Kier molecular flexibility index (Phi) is 35.8. The zero-order valence-corrected chi connectivity index (χ0v) is 32.9. The van der Waals surface area contributed by atoms with Crippen LogP contribution in [-0.2, 0) is 28.2 Å². The van der Waals surface area contributed by atoms with Crippen LogP contribution in [-0.4, -0.2) is 41.0 Å². The number of hydrogen-bond acceptors (Lipinski definition) is 6. The van der Waals surface area contributed by atoms with Gasteiger partial charge in [0.2, 0.25) is 0 Å². The van der Waals surface area contributed by atoms with Gasteiger partial charge in [-0.3, -0.25) is 14.1 Å². The fourth-order valence-electron chi connectivity index (χ4n) is 5.60. The van der Waals surface area contributed by atoms with Gasteiger partial charge < -0.3 is 19.3 Å². The first-order chi connectivity index (χ1) is 24.3. The number of rotatable bonds is 37. The van der Waals surface area contributed by atoms with Crippen molar-refractivity contribution in [3.05, 3.63) is 36.5 Å². The van der Waals surface area contributed by atoms with Crippen LogP contribution in [0.3, 0.4) is 0 Å². The zero-order chi connectivity index (χ0) is 36.8. The second kappa shape index (κ2) is 37.0. The van der Waals surface area contributed by atoms with Crippen molar-refractivity contribution in [2.24, 2.45) is 0 Å². The third-order valence-corrected chi connectivity index (χ3v) is 9.13. The number of ether oxygens (including phenoxy) is 2. The van der Waals surface area contributed by atoms with Gasteiger partial charge in [0.25, 0.3) is 0 Å². The number of carbonyl (C=O) groups excluding carboxylic acids is 2. The molecule has 0 saturated carbocycles. The van der Waals surface area contributed by atoms with E-state index in [0.717, 1.165) is 44.9 Å². The standard InChI is InChI=1S/C41H75O8P/c1-3-5-7-9-11-13-15-17-19-20-22-23-25-27-29-31-33-35-40(42)47-37-39(38-48-50(44,45)46)49-41(43)36-34-32-30-28-26-24-21-18-16-14-12-10-8-6-4-2/h11,13,17,19,30,32,39H,3-10,12,14-16,18,20-29,31,33-38H2,1-2H3,(H2,44,45,46)/b13-11+,19-17+,32-30+/t39-/m1/s1. The van der Waals surface area contributed by atoms with E-state index in [2.05, 4.69) is 48.8 Å². The summed E-state index contributed by atoms with van der Waals surface area (Å²) in [5.74, 6) is -0.948. The predicted octanol–water partition coefficient (Wildman–Crippen LogP) is 12.2. The number of allylic oxidation sites excluding steroid dienone is 6. The molecule has 0 aliphatic heterocycles. The molecule has 0 bridgehead atoms. The van der Waals surface area contributed by atoms with E-state index in [0.29, 0.717) is 12.8 Å². The second-order valence-electron chi connectivity index (χ2n) is 13.6. The second-order valence-corrected chi connectivity index (χ2v) is 14.8. The van der Waals surface area contributed by atoms with E-state index < -0.39 is 32.5 Å². The average molecular weight is 727 g/mol.